The number of halogens is 3. The molecule has 0 radical (unpaired) electrons. The Morgan fingerprint density at radius 3 is 0.911 bits per heavy atom. The molecule has 540 valence electrons. The number of unbranched alkanes of at least 4 members (excludes halogenated alkanes) is 12. The number of methoxy groups -OCH3 is 5. The molecule has 0 bridgehead atoms. The summed E-state index contributed by atoms with van der Waals surface area (Å²) < 4.78 is 24.0. The van der Waals surface area contributed by atoms with Crippen molar-refractivity contribution >= 4 is 82.3 Å². The normalized spacial score (nSPS) is 9.35. The maximum absolute atomic E-state index is 11.5. The molecule has 0 aromatic carbocycles. The second kappa shape index (κ2) is 57.1. The number of nitrogens with two attached hydrogens (primary N) is 2. The molecule has 0 saturated heterocycles. The standard InChI is InChI=1S/C21H26N2O4.C21H18N2O4.C19H26N6.C7H6BrNO2.C7H8.CH3.2ClH.Pd/c2*1-26-20(24)18-10-16(12-22-14-18)8-6-4-3-5-7-9-17-11-19(15-23-13-17)21(25)27-2;20-18(21)16-8-14(10-24-12-16)6-4-2-1-3-5-7-15-9-17(19(22)23)13-25-11-15;1-11-7(10)5-2-6(8)4-9-3-5;1-3-5-7-6-4-2;;;;/h10-15H,3-9H2,1-2H3;10-15H,3-5H2,1-2H3;8-13H,1-7H2,(H3,20,21)(H3,22,23);2-4H,1H3;1-2H,5-7H2;1H3;2*1H;/q;;;;;-1;;;. The predicted molar refractivity (Wildman–Crippen MR) is 397 cm³/mol. The first-order valence-corrected chi connectivity index (χ1v) is 32.0. The molecule has 0 spiro atoms. The van der Waals surface area contributed by atoms with Gasteiger partial charge in [0.25, 0.3) is 0 Å². The third kappa shape index (κ3) is 40.2. The number of hydrogen-bond acceptors (Lipinski definition) is 19. The second-order valence-electron chi connectivity index (χ2n) is 21.2. The van der Waals surface area contributed by atoms with E-state index < -0.39 is 11.9 Å². The van der Waals surface area contributed by atoms with Gasteiger partial charge in [0.1, 0.15) is 11.7 Å². The fourth-order valence-electron chi connectivity index (χ4n) is 8.63. The summed E-state index contributed by atoms with van der Waals surface area (Å²) in [5, 5.41) is 14.9. The van der Waals surface area contributed by atoms with Crippen molar-refractivity contribution in [2.24, 2.45) is 11.5 Å². The number of ether oxygens (including phenoxy) is 5. The summed E-state index contributed by atoms with van der Waals surface area (Å²) in [5.74, 6) is 15.2. The molecule has 101 heavy (non-hydrogen) atoms. The van der Waals surface area contributed by atoms with Gasteiger partial charge in [-0.2, -0.15) is 0 Å². The second-order valence-corrected chi connectivity index (χ2v) is 22.1. The SMILES string of the molecule is C#CCCCC#C.COC(=O)c1cncc(Br)c1.COC(=O)c1cncc(C#CCCCC#Cc2cncc(C(=O)OC)c2)c1.COC(=O)c1cncc(CCCCCCCc2cncc(C(=O)OC)c2)c1.Cl.Cl.N=C(N)c1cncc(CCCCCCCc2cncc(C(=N)N)c2)c1.[CH3-].[Pd]. The molecule has 7 aromatic rings. The van der Waals surface area contributed by atoms with Crippen LogP contribution in [0.15, 0.2) is 134 Å². The molecule has 0 fully saturated rings. The number of terminal acetylenes is 2. The number of hydrogen-bond donors (Lipinski definition) is 4. The van der Waals surface area contributed by atoms with Crippen molar-refractivity contribution < 1.29 is 68.1 Å². The topological polar surface area (TPSA) is 321 Å². The number of aryl methyl sites for hydroxylation is 4. The summed E-state index contributed by atoms with van der Waals surface area (Å²) in [4.78, 5) is 85.0. The fourth-order valence-corrected chi connectivity index (χ4v) is 9.00. The van der Waals surface area contributed by atoms with E-state index in [1.54, 1.807) is 61.6 Å². The third-order valence-electron chi connectivity index (χ3n) is 13.7. The van der Waals surface area contributed by atoms with Gasteiger partial charge >= 0.3 is 29.8 Å². The van der Waals surface area contributed by atoms with Crippen LogP contribution in [0.2, 0.25) is 0 Å². The zero-order valence-electron chi connectivity index (χ0n) is 57.8. The molecule has 0 atom stereocenters. The number of carbonyl (C=O) groups excluding carboxylic acids is 5. The van der Waals surface area contributed by atoms with Crippen molar-refractivity contribution in [3.8, 4) is 48.4 Å². The van der Waals surface area contributed by atoms with E-state index in [0.29, 0.717) is 62.9 Å². The number of nitrogens with zero attached hydrogens (tertiary/aromatic N) is 7. The molecule has 0 aliphatic carbocycles. The molecule has 7 aromatic heterocycles. The molecule has 6 N–H and O–H groups in total. The molecular formula is C76H89BrCl2N11O10Pd-. The Bertz CT molecular complexity index is 3690. The van der Waals surface area contributed by atoms with Gasteiger partial charge in [0.2, 0.25) is 0 Å². The minimum absolute atomic E-state index is 0. The van der Waals surface area contributed by atoms with Crippen molar-refractivity contribution in [3.63, 3.8) is 0 Å². The van der Waals surface area contributed by atoms with Crippen molar-refractivity contribution in [3.05, 3.63) is 213 Å². The molecule has 21 nitrogen and oxygen atoms in total. The largest absolute Gasteiger partial charge is 0.465 e. The molecule has 0 saturated carbocycles. The van der Waals surface area contributed by atoms with Crippen LogP contribution in [0.4, 0.5) is 0 Å². The van der Waals surface area contributed by atoms with Crippen LogP contribution in [0.5, 0.6) is 0 Å². The summed E-state index contributed by atoms with van der Waals surface area (Å²) >= 11 is 3.19. The number of pyridine rings is 7. The van der Waals surface area contributed by atoms with E-state index in [1.165, 1.54) is 85.8 Å². The average molecular weight is 1570 g/mol. The van der Waals surface area contributed by atoms with Gasteiger partial charge in [-0.1, -0.05) is 62.2 Å². The molecule has 0 aliphatic rings. The average Bonchev–Trinajstić information content (AvgIpc) is 1.02. The molecule has 25 heteroatoms. The van der Waals surface area contributed by atoms with Gasteiger partial charge in [-0.3, -0.25) is 45.7 Å². The molecule has 7 heterocycles. The maximum atomic E-state index is 11.5. The van der Waals surface area contributed by atoms with E-state index in [1.807, 2.05) is 36.7 Å². The number of aromatic nitrogens is 7. The minimum Gasteiger partial charge on any atom is -0.465 e. The zero-order chi connectivity index (χ0) is 70.8. The molecule has 7 rings (SSSR count). The van der Waals surface area contributed by atoms with Crippen molar-refractivity contribution in [2.45, 2.75) is 128 Å². The van der Waals surface area contributed by atoms with E-state index in [4.69, 9.17) is 44.6 Å². The van der Waals surface area contributed by atoms with Gasteiger partial charge in [-0.15, -0.1) is 49.5 Å². The summed E-state index contributed by atoms with van der Waals surface area (Å²) in [7, 11) is 6.73. The molecule has 0 amide bonds. The summed E-state index contributed by atoms with van der Waals surface area (Å²) in [5.41, 5.74) is 20.3. The Hall–Kier alpha value is -9.70. The monoisotopic (exact) mass is 1570 g/mol. The van der Waals surface area contributed by atoms with Crippen LogP contribution in [0.1, 0.15) is 199 Å². The fraction of sp³-hybridized carbons (Fsp3) is 0.329. The van der Waals surface area contributed by atoms with E-state index in [9.17, 15) is 24.0 Å². The van der Waals surface area contributed by atoms with Gasteiger partial charge in [0.15, 0.2) is 0 Å². The number of nitrogens with one attached hydrogen (secondary N) is 2. The number of esters is 5. The smallest absolute Gasteiger partial charge is 0.339 e. The van der Waals surface area contributed by atoms with Crippen LogP contribution in [-0.2, 0) is 69.8 Å². The van der Waals surface area contributed by atoms with Crippen LogP contribution in [0.3, 0.4) is 0 Å². The number of nitrogen functional groups attached to an aromatic ring is 2. The zero-order valence-corrected chi connectivity index (χ0v) is 62.6. The summed E-state index contributed by atoms with van der Waals surface area (Å²) in [6.45, 7) is 0. The van der Waals surface area contributed by atoms with Crippen LogP contribution in [0, 0.1) is 66.6 Å². The summed E-state index contributed by atoms with van der Waals surface area (Å²) in [6, 6.07) is 12.5. The van der Waals surface area contributed by atoms with E-state index in [-0.39, 0.29) is 82.2 Å². The number of rotatable bonds is 27. The van der Waals surface area contributed by atoms with Crippen LogP contribution >= 0.6 is 40.7 Å². The van der Waals surface area contributed by atoms with Gasteiger partial charge in [-0.25, -0.2) is 24.0 Å². The Balaban J connectivity index is 0. The van der Waals surface area contributed by atoms with Crippen molar-refractivity contribution in [1.29, 1.82) is 10.8 Å². The van der Waals surface area contributed by atoms with E-state index in [0.717, 1.165) is 123 Å². The van der Waals surface area contributed by atoms with E-state index >= 15 is 0 Å². The van der Waals surface area contributed by atoms with E-state index in [2.05, 4.69) is 101 Å². The molecule has 0 aliphatic heterocycles. The first-order chi connectivity index (χ1) is 47.0. The van der Waals surface area contributed by atoms with Gasteiger partial charge in [0, 0.05) is 160 Å². The third-order valence-corrected chi connectivity index (χ3v) is 14.1. The first-order valence-electron chi connectivity index (χ1n) is 31.2. The Labute approximate surface area is 629 Å². The number of amidine groups is 2. The van der Waals surface area contributed by atoms with Crippen LogP contribution < -0.4 is 11.5 Å². The summed E-state index contributed by atoms with van der Waals surface area (Å²) in [6.07, 6.45) is 52.4. The maximum Gasteiger partial charge on any atom is 0.339 e. The predicted octanol–water partition coefficient (Wildman–Crippen LogP) is 13.5. The van der Waals surface area contributed by atoms with Gasteiger partial charge in [-0.05, 0) is 145 Å². The number of carbonyl (C=O) groups is 5. The van der Waals surface area contributed by atoms with Crippen molar-refractivity contribution in [2.75, 3.05) is 35.5 Å². The van der Waals surface area contributed by atoms with Crippen LogP contribution in [-0.4, -0.2) is 112 Å². The first kappa shape index (κ1) is 93.4. The van der Waals surface area contributed by atoms with Gasteiger partial charge in [0.05, 0.1) is 63.4 Å². The Kier molecular flexibility index (Phi) is 52.8. The quantitative estimate of drug-likeness (QED) is 0.00543. The Morgan fingerprint density at radius 1 is 0.376 bits per heavy atom. The molecular weight excluding hydrogens is 1480 g/mol. The Morgan fingerprint density at radius 2 is 0.624 bits per heavy atom. The molecule has 0 unspecified atom stereocenters. The minimum atomic E-state index is -0.438. The van der Waals surface area contributed by atoms with Crippen molar-refractivity contribution in [1.82, 2.24) is 34.9 Å². The van der Waals surface area contributed by atoms with Gasteiger partial charge < -0.3 is 42.6 Å². The van der Waals surface area contributed by atoms with Crippen LogP contribution in [0.25, 0.3) is 0 Å².